The third-order valence-electron chi connectivity index (χ3n) is 7.21. The number of nitrogens with zero attached hydrogens (tertiary/aromatic N) is 5. The van der Waals surface area contributed by atoms with E-state index in [1.54, 1.807) is 43.3 Å². The molecule has 0 radical (unpaired) electrons. The van der Waals surface area contributed by atoms with E-state index < -0.39 is 17.8 Å². The van der Waals surface area contributed by atoms with Crippen molar-refractivity contribution < 1.29 is 27.4 Å². The Labute approximate surface area is 264 Å². The van der Waals surface area contributed by atoms with Gasteiger partial charge in [0.25, 0.3) is 5.91 Å². The number of benzene rings is 2. The molecule has 0 unspecified atom stereocenters. The summed E-state index contributed by atoms with van der Waals surface area (Å²) < 4.78 is 52.6. The van der Waals surface area contributed by atoms with Crippen LogP contribution in [0.15, 0.2) is 78.8 Å². The van der Waals surface area contributed by atoms with Crippen LogP contribution in [-0.2, 0) is 12.7 Å². The Bertz CT molecular complexity index is 2060. The average molecular weight is 646 g/mol. The molecule has 0 atom stereocenters. The van der Waals surface area contributed by atoms with Crippen LogP contribution in [-0.4, -0.2) is 44.9 Å². The lowest BCUT2D eigenvalue weighted by Gasteiger charge is -2.12. The van der Waals surface area contributed by atoms with Gasteiger partial charge in [0.1, 0.15) is 29.3 Å². The lowest BCUT2D eigenvalue weighted by molar-refractivity contribution is -0.141. The van der Waals surface area contributed by atoms with Crippen molar-refractivity contribution in [1.82, 2.24) is 24.7 Å². The molecule has 234 valence electrons. The zero-order chi connectivity index (χ0) is 32.4. The van der Waals surface area contributed by atoms with E-state index in [0.29, 0.717) is 35.2 Å². The van der Waals surface area contributed by atoms with Crippen molar-refractivity contribution >= 4 is 39.0 Å². The molecule has 0 aliphatic heterocycles. The second-order valence-corrected chi connectivity index (χ2v) is 11.0. The second-order valence-electron chi connectivity index (χ2n) is 10.1. The summed E-state index contributed by atoms with van der Waals surface area (Å²) in [6.07, 6.45) is 1.38. The van der Waals surface area contributed by atoms with Crippen LogP contribution in [0.3, 0.4) is 0 Å². The Morgan fingerprint density at radius 2 is 1.87 bits per heavy atom. The maximum absolute atomic E-state index is 13.1. The minimum Gasteiger partial charge on any atom is -0.497 e. The standard InChI is InChI=1S/C32H26F3N7O3S/c1-18-4-6-22(41-31(43)19-8-9-36-27(10-19)32(33,34)35)11-25(18)42-15-21(14-40-42)24-16-46-29-28(24)38-17-39-30(29)37-13-20-5-7-23(44-2)12-26(20)45-3/h4-12,14-17H,13H2,1-3H3,(H,41,43)(H,37,38,39). The number of aromatic nitrogens is 5. The van der Waals surface area contributed by atoms with E-state index in [1.807, 2.05) is 36.7 Å². The number of alkyl halides is 3. The fourth-order valence-electron chi connectivity index (χ4n) is 4.82. The summed E-state index contributed by atoms with van der Waals surface area (Å²) in [4.78, 5) is 25.1. The Morgan fingerprint density at radius 1 is 1.02 bits per heavy atom. The molecule has 14 heteroatoms. The average Bonchev–Trinajstić information content (AvgIpc) is 3.72. The normalized spacial score (nSPS) is 11.4. The van der Waals surface area contributed by atoms with E-state index in [2.05, 4.69) is 30.7 Å². The van der Waals surface area contributed by atoms with Gasteiger partial charge in [-0.25, -0.2) is 14.6 Å². The van der Waals surface area contributed by atoms with Crippen LogP contribution in [0.1, 0.15) is 27.2 Å². The molecule has 0 saturated heterocycles. The molecule has 4 aromatic heterocycles. The summed E-state index contributed by atoms with van der Waals surface area (Å²) in [5.74, 6) is 1.39. The van der Waals surface area contributed by atoms with E-state index in [1.165, 1.54) is 23.7 Å². The summed E-state index contributed by atoms with van der Waals surface area (Å²) in [5, 5.41) is 12.6. The van der Waals surface area contributed by atoms with Crippen LogP contribution < -0.4 is 20.1 Å². The van der Waals surface area contributed by atoms with Gasteiger partial charge >= 0.3 is 6.18 Å². The minimum atomic E-state index is -4.66. The van der Waals surface area contributed by atoms with Crippen LogP contribution in [0, 0.1) is 6.92 Å². The lowest BCUT2D eigenvalue weighted by Crippen LogP contribution is -2.15. The Morgan fingerprint density at radius 3 is 2.65 bits per heavy atom. The largest absolute Gasteiger partial charge is 0.497 e. The van der Waals surface area contributed by atoms with E-state index in [-0.39, 0.29) is 5.56 Å². The van der Waals surface area contributed by atoms with Gasteiger partial charge in [-0.05, 0) is 48.9 Å². The van der Waals surface area contributed by atoms with Gasteiger partial charge in [-0.1, -0.05) is 6.07 Å². The molecule has 0 aliphatic carbocycles. The van der Waals surface area contributed by atoms with Crippen molar-refractivity contribution in [2.24, 2.45) is 0 Å². The highest BCUT2D eigenvalue weighted by molar-refractivity contribution is 7.18. The van der Waals surface area contributed by atoms with Crippen LogP contribution in [0.5, 0.6) is 11.5 Å². The number of nitrogens with one attached hydrogen (secondary N) is 2. The van der Waals surface area contributed by atoms with Crippen LogP contribution in [0.25, 0.3) is 27.0 Å². The summed E-state index contributed by atoms with van der Waals surface area (Å²) >= 11 is 1.51. The molecular formula is C32H26F3N7O3S. The monoisotopic (exact) mass is 645 g/mol. The van der Waals surface area contributed by atoms with Gasteiger partial charge in [0.05, 0.1) is 36.3 Å². The fourth-order valence-corrected chi connectivity index (χ4v) is 5.81. The molecule has 6 aromatic rings. The highest BCUT2D eigenvalue weighted by Gasteiger charge is 2.33. The Hall–Kier alpha value is -5.50. The zero-order valence-corrected chi connectivity index (χ0v) is 25.5. The number of hydrogen-bond acceptors (Lipinski definition) is 9. The number of fused-ring (bicyclic) bond motifs is 1. The molecule has 46 heavy (non-hydrogen) atoms. The van der Waals surface area contributed by atoms with Crippen LogP contribution in [0.4, 0.5) is 24.7 Å². The van der Waals surface area contributed by atoms with Crippen molar-refractivity contribution in [2.75, 3.05) is 24.9 Å². The number of pyridine rings is 1. The minimum absolute atomic E-state index is 0.158. The predicted octanol–water partition coefficient (Wildman–Crippen LogP) is 7.15. The molecule has 1 amide bonds. The molecule has 0 fully saturated rings. The highest BCUT2D eigenvalue weighted by atomic mass is 32.1. The number of rotatable bonds is 9. The fraction of sp³-hybridized carbons (Fsp3) is 0.156. The summed E-state index contributed by atoms with van der Waals surface area (Å²) in [5.41, 5.74) is 4.04. The highest BCUT2D eigenvalue weighted by Crippen LogP contribution is 2.36. The quantitative estimate of drug-likeness (QED) is 0.170. The number of ether oxygens (including phenoxy) is 2. The molecular weight excluding hydrogens is 619 g/mol. The Kier molecular flexibility index (Phi) is 8.28. The van der Waals surface area contributed by atoms with Crippen molar-refractivity contribution in [3.05, 3.63) is 101 Å². The number of amides is 1. The van der Waals surface area contributed by atoms with E-state index in [4.69, 9.17) is 9.47 Å². The molecule has 10 nitrogen and oxygen atoms in total. The SMILES string of the molecule is COc1ccc(CNc2ncnc3c(-c4cnn(-c5cc(NC(=O)c6ccnc(C(F)(F)F)c6)ccc5C)c4)csc23)c(OC)c1. The van der Waals surface area contributed by atoms with Crippen molar-refractivity contribution in [1.29, 1.82) is 0 Å². The van der Waals surface area contributed by atoms with Gasteiger partial charge in [0.2, 0.25) is 0 Å². The van der Waals surface area contributed by atoms with Crippen molar-refractivity contribution in [3.63, 3.8) is 0 Å². The summed E-state index contributed by atoms with van der Waals surface area (Å²) in [7, 11) is 3.21. The van der Waals surface area contributed by atoms with Gasteiger partial charge < -0.3 is 20.1 Å². The number of aryl methyl sites for hydroxylation is 1. The van der Waals surface area contributed by atoms with E-state index >= 15 is 0 Å². The molecule has 0 saturated carbocycles. The van der Waals surface area contributed by atoms with Gasteiger partial charge in [-0.3, -0.25) is 9.78 Å². The maximum atomic E-state index is 13.1. The summed E-state index contributed by atoms with van der Waals surface area (Å²) in [6, 6.07) is 12.8. The number of methoxy groups -OCH3 is 2. The first-order chi connectivity index (χ1) is 22.1. The van der Waals surface area contributed by atoms with Gasteiger partial charge in [0, 0.05) is 58.3 Å². The molecule has 2 aromatic carbocycles. The lowest BCUT2D eigenvalue weighted by atomic mass is 10.1. The first-order valence-electron chi connectivity index (χ1n) is 13.8. The maximum Gasteiger partial charge on any atom is 0.433 e. The molecule has 4 heterocycles. The smallest absolute Gasteiger partial charge is 0.433 e. The summed E-state index contributed by atoms with van der Waals surface area (Å²) in [6.45, 7) is 2.37. The molecule has 6 rings (SSSR count). The molecule has 0 aliphatic rings. The number of carbonyl (C=O) groups is 1. The van der Waals surface area contributed by atoms with Crippen LogP contribution >= 0.6 is 11.3 Å². The number of carbonyl (C=O) groups excluding carboxylic acids is 1. The first kappa shape index (κ1) is 30.5. The van der Waals surface area contributed by atoms with E-state index in [9.17, 15) is 18.0 Å². The van der Waals surface area contributed by atoms with Crippen molar-refractivity contribution in [3.8, 4) is 28.3 Å². The first-order valence-corrected chi connectivity index (χ1v) is 14.7. The van der Waals surface area contributed by atoms with Gasteiger partial charge in [-0.15, -0.1) is 11.3 Å². The molecule has 0 bridgehead atoms. The number of hydrogen-bond donors (Lipinski definition) is 2. The topological polar surface area (TPSA) is 116 Å². The van der Waals surface area contributed by atoms with Crippen molar-refractivity contribution in [2.45, 2.75) is 19.6 Å². The van der Waals surface area contributed by atoms with E-state index in [0.717, 1.165) is 44.7 Å². The zero-order valence-electron chi connectivity index (χ0n) is 24.7. The Balaban J connectivity index is 1.22. The van der Waals surface area contributed by atoms with Gasteiger partial charge in [-0.2, -0.15) is 18.3 Å². The molecule has 2 N–H and O–H groups in total. The molecule has 0 spiro atoms. The number of thiophene rings is 1. The second kappa shape index (κ2) is 12.5. The van der Waals surface area contributed by atoms with Gasteiger partial charge in [0.15, 0.2) is 0 Å². The number of halogens is 3. The number of anilines is 2. The van der Waals surface area contributed by atoms with Crippen LogP contribution in [0.2, 0.25) is 0 Å². The third-order valence-corrected chi connectivity index (χ3v) is 8.19. The third kappa shape index (κ3) is 6.19. The predicted molar refractivity (Wildman–Crippen MR) is 169 cm³/mol.